The number of thiocarbonyl (C=S) groups is 1. The van der Waals surface area contributed by atoms with E-state index in [1.54, 1.807) is 0 Å². The van der Waals surface area contributed by atoms with Crippen molar-refractivity contribution in [2.45, 2.75) is 18.4 Å². The molecular formula is C21H27N3S2. The van der Waals surface area contributed by atoms with Crippen molar-refractivity contribution in [2.24, 2.45) is 0 Å². The summed E-state index contributed by atoms with van der Waals surface area (Å²) >= 11 is 7.44. The molecule has 0 bridgehead atoms. The summed E-state index contributed by atoms with van der Waals surface area (Å²) in [5, 5.41) is 4.31. The summed E-state index contributed by atoms with van der Waals surface area (Å²) in [7, 11) is 0. The second-order valence-corrected chi connectivity index (χ2v) is 8.14. The van der Waals surface area contributed by atoms with Gasteiger partial charge in [-0.15, -0.1) is 11.8 Å². The molecule has 1 aliphatic heterocycles. The molecule has 1 saturated heterocycles. The molecule has 0 spiro atoms. The summed E-state index contributed by atoms with van der Waals surface area (Å²) in [6.45, 7) is 8.27. The minimum Gasteiger partial charge on any atom is -0.362 e. The predicted octanol–water partition coefficient (Wildman–Crippen LogP) is 3.78. The highest BCUT2D eigenvalue weighted by Crippen LogP contribution is 2.16. The van der Waals surface area contributed by atoms with Gasteiger partial charge in [-0.2, -0.15) is 0 Å². The lowest BCUT2D eigenvalue weighted by Gasteiger charge is -2.36. The van der Waals surface area contributed by atoms with Crippen LogP contribution in [0.3, 0.4) is 0 Å². The number of piperazine rings is 1. The van der Waals surface area contributed by atoms with E-state index in [4.69, 9.17) is 12.2 Å². The van der Waals surface area contributed by atoms with Gasteiger partial charge in [0.25, 0.3) is 0 Å². The average Bonchev–Trinajstić information content (AvgIpc) is 2.68. The third kappa shape index (κ3) is 5.73. The summed E-state index contributed by atoms with van der Waals surface area (Å²) in [6.07, 6.45) is 0. The topological polar surface area (TPSA) is 18.5 Å². The number of hydrogen-bond donors (Lipinski definition) is 1. The van der Waals surface area contributed by atoms with E-state index in [0.717, 1.165) is 50.1 Å². The van der Waals surface area contributed by atoms with Gasteiger partial charge >= 0.3 is 0 Å². The van der Waals surface area contributed by atoms with Crippen molar-refractivity contribution >= 4 is 29.1 Å². The van der Waals surface area contributed by atoms with Gasteiger partial charge in [0.05, 0.1) is 0 Å². The van der Waals surface area contributed by atoms with Gasteiger partial charge in [-0.25, -0.2) is 0 Å². The molecule has 5 heteroatoms. The molecule has 26 heavy (non-hydrogen) atoms. The zero-order valence-electron chi connectivity index (χ0n) is 15.4. The van der Waals surface area contributed by atoms with Crippen molar-refractivity contribution in [1.29, 1.82) is 0 Å². The molecule has 2 aromatic carbocycles. The van der Waals surface area contributed by atoms with E-state index in [1.807, 2.05) is 11.8 Å². The molecule has 1 fully saturated rings. The maximum Gasteiger partial charge on any atom is 0.169 e. The monoisotopic (exact) mass is 385 g/mol. The van der Waals surface area contributed by atoms with Gasteiger partial charge < -0.3 is 10.2 Å². The van der Waals surface area contributed by atoms with Crippen molar-refractivity contribution in [1.82, 2.24) is 15.1 Å². The van der Waals surface area contributed by atoms with Crippen LogP contribution < -0.4 is 5.32 Å². The first-order chi connectivity index (χ1) is 12.7. The van der Waals surface area contributed by atoms with Gasteiger partial charge in [0, 0.05) is 49.9 Å². The molecular weight excluding hydrogens is 358 g/mol. The van der Waals surface area contributed by atoms with Gasteiger partial charge in [0.1, 0.15) is 0 Å². The van der Waals surface area contributed by atoms with E-state index in [0.29, 0.717) is 0 Å². The Morgan fingerprint density at radius 1 is 1.00 bits per heavy atom. The van der Waals surface area contributed by atoms with Gasteiger partial charge in [0.15, 0.2) is 5.11 Å². The Balaban J connectivity index is 1.35. The fourth-order valence-corrected chi connectivity index (χ4v) is 4.17. The van der Waals surface area contributed by atoms with Crippen LogP contribution in [0, 0.1) is 6.92 Å². The van der Waals surface area contributed by atoms with E-state index < -0.39 is 0 Å². The van der Waals surface area contributed by atoms with E-state index in [1.165, 1.54) is 16.0 Å². The lowest BCUT2D eigenvalue weighted by atomic mass is 10.1. The standard InChI is InChI=1S/C21H27N3S2/c1-18-7-5-6-8-19(18)17-23-12-14-24(15-13-23)21(25)22-11-16-26-20-9-3-2-4-10-20/h2-10H,11-17H2,1H3,(H,22,25). The Morgan fingerprint density at radius 3 is 2.42 bits per heavy atom. The fourth-order valence-electron chi connectivity index (χ4n) is 3.09. The van der Waals surface area contributed by atoms with Crippen LogP contribution in [0.5, 0.6) is 0 Å². The van der Waals surface area contributed by atoms with E-state index in [-0.39, 0.29) is 0 Å². The number of benzene rings is 2. The number of rotatable bonds is 6. The SMILES string of the molecule is Cc1ccccc1CN1CCN(C(=S)NCCSc2ccccc2)CC1. The molecule has 0 aliphatic carbocycles. The lowest BCUT2D eigenvalue weighted by molar-refractivity contribution is 0.174. The Hall–Kier alpha value is -1.56. The number of aryl methyl sites for hydroxylation is 1. The van der Waals surface area contributed by atoms with Crippen molar-refractivity contribution in [3.8, 4) is 0 Å². The largest absolute Gasteiger partial charge is 0.362 e. The molecule has 1 N–H and O–H groups in total. The summed E-state index contributed by atoms with van der Waals surface area (Å²) in [4.78, 5) is 6.13. The molecule has 3 rings (SSSR count). The Kier molecular flexibility index (Phi) is 7.35. The third-order valence-corrected chi connectivity index (χ3v) is 6.12. The Labute approximate surface area is 166 Å². The van der Waals surface area contributed by atoms with Crippen LogP contribution in [-0.2, 0) is 6.54 Å². The van der Waals surface area contributed by atoms with Crippen LogP contribution in [0.4, 0.5) is 0 Å². The highest BCUT2D eigenvalue weighted by atomic mass is 32.2. The average molecular weight is 386 g/mol. The second-order valence-electron chi connectivity index (χ2n) is 6.58. The molecule has 0 aromatic heterocycles. The third-order valence-electron chi connectivity index (χ3n) is 4.70. The first-order valence-corrected chi connectivity index (χ1v) is 10.6. The number of hydrogen-bond acceptors (Lipinski definition) is 3. The normalized spacial score (nSPS) is 15.0. The molecule has 0 radical (unpaired) electrons. The van der Waals surface area contributed by atoms with E-state index in [9.17, 15) is 0 Å². The van der Waals surface area contributed by atoms with Crippen molar-refractivity contribution in [3.63, 3.8) is 0 Å². The quantitative estimate of drug-likeness (QED) is 0.462. The Bertz CT molecular complexity index is 697. The van der Waals surface area contributed by atoms with Crippen LogP contribution >= 0.6 is 24.0 Å². The molecule has 3 nitrogen and oxygen atoms in total. The smallest absolute Gasteiger partial charge is 0.169 e. The van der Waals surface area contributed by atoms with Crippen LogP contribution in [0.15, 0.2) is 59.5 Å². The predicted molar refractivity (Wildman–Crippen MR) is 116 cm³/mol. The van der Waals surface area contributed by atoms with Gasteiger partial charge in [0.2, 0.25) is 0 Å². The van der Waals surface area contributed by atoms with Gasteiger partial charge in [-0.05, 0) is 42.4 Å². The highest BCUT2D eigenvalue weighted by Gasteiger charge is 2.19. The second kappa shape index (κ2) is 9.95. The van der Waals surface area contributed by atoms with Crippen LogP contribution in [-0.4, -0.2) is 53.4 Å². The fraction of sp³-hybridized carbons (Fsp3) is 0.381. The molecule has 1 aliphatic rings. The molecule has 0 atom stereocenters. The molecule has 138 valence electrons. The lowest BCUT2D eigenvalue weighted by Crippen LogP contribution is -2.51. The molecule has 1 heterocycles. The maximum atomic E-state index is 5.58. The van der Waals surface area contributed by atoms with Crippen molar-refractivity contribution in [3.05, 3.63) is 65.7 Å². The van der Waals surface area contributed by atoms with E-state index >= 15 is 0 Å². The molecule has 0 unspecified atom stereocenters. The van der Waals surface area contributed by atoms with Crippen molar-refractivity contribution < 1.29 is 0 Å². The highest BCUT2D eigenvalue weighted by molar-refractivity contribution is 7.99. The Morgan fingerprint density at radius 2 is 1.69 bits per heavy atom. The van der Waals surface area contributed by atoms with Crippen LogP contribution in [0.1, 0.15) is 11.1 Å². The summed E-state index contributed by atoms with van der Waals surface area (Å²) < 4.78 is 0. The number of thioether (sulfide) groups is 1. The molecule has 0 saturated carbocycles. The summed E-state index contributed by atoms with van der Waals surface area (Å²) in [6, 6.07) is 19.2. The first-order valence-electron chi connectivity index (χ1n) is 9.20. The minimum atomic E-state index is 0.897. The number of nitrogens with one attached hydrogen (secondary N) is 1. The van der Waals surface area contributed by atoms with Crippen LogP contribution in [0.2, 0.25) is 0 Å². The van der Waals surface area contributed by atoms with Gasteiger partial charge in [-0.3, -0.25) is 4.90 Å². The zero-order chi connectivity index (χ0) is 18.2. The van der Waals surface area contributed by atoms with Crippen LogP contribution in [0.25, 0.3) is 0 Å². The first kappa shape index (κ1) is 19.2. The van der Waals surface area contributed by atoms with E-state index in [2.05, 4.69) is 76.6 Å². The number of nitrogens with zero attached hydrogens (tertiary/aromatic N) is 2. The zero-order valence-corrected chi connectivity index (χ0v) is 17.0. The summed E-state index contributed by atoms with van der Waals surface area (Å²) in [5.74, 6) is 1.03. The summed E-state index contributed by atoms with van der Waals surface area (Å²) in [5.41, 5.74) is 2.81. The molecule has 0 amide bonds. The van der Waals surface area contributed by atoms with Crippen molar-refractivity contribution in [2.75, 3.05) is 38.5 Å². The minimum absolute atomic E-state index is 0.897. The maximum absolute atomic E-state index is 5.58. The van der Waals surface area contributed by atoms with Gasteiger partial charge in [-0.1, -0.05) is 42.5 Å². The molecule has 2 aromatic rings.